The van der Waals surface area contributed by atoms with Gasteiger partial charge in [-0.2, -0.15) is 5.10 Å². The van der Waals surface area contributed by atoms with Gasteiger partial charge in [-0.3, -0.25) is 14.0 Å². The lowest BCUT2D eigenvalue weighted by atomic mass is 10.1. The highest BCUT2D eigenvalue weighted by molar-refractivity contribution is 6.00. The number of imidazole rings is 1. The summed E-state index contributed by atoms with van der Waals surface area (Å²) in [5.41, 5.74) is 5.02. The predicted molar refractivity (Wildman–Crippen MR) is 124 cm³/mol. The van der Waals surface area contributed by atoms with Crippen LogP contribution < -0.4 is 14.8 Å². The first kappa shape index (κ1) is 21.4. The van der Waals surface area contributed by atoms with E-state index in [0.29, 0.717) is 29.5 Å². The van der Waals surface area contributed by atoms with E-state index in [-0.39, 0.29) is 5.91 Å². The van der Waals surface area contributed by atoms with Gasteiger partial charge in [0, 0.05) is 37.5 Å². The van der Waals surface area contributed by atoms with E-state index in [9.17, 15) is 4.79 Å². The van der Waals surface area contributed by atoms with Crippen LogP contribution in [0.2, 0.25) is 0 Å². The maximum atomic E-state index is 12.8. The molecule has 1 amide bonds. The number of carbonyl (C=O) groups is 1. The normalized spacial score (nSPS) is 11.2. The van der Waals surface area contributed by atoms with Gasteiger partial charge in [0.05, 0.1) is 37.1 Å². The molecule has 32 heavy (non-hydrogen) atoms. The van der Waals surface area contributed by atoms with Crippen LogP contribution in [0.25, 0.3) is 27.8 Å². The quantitative estimate of drug-likeness (QED) is 0.479. The Labute approximate surface area is 186 Å². The van der Waals surface area contributed by atoms with Crippen molar-refractivity contribution in [2.45, 2.75) is 13.8 Å². The minimum Gasteiger partial charge on any atom is -0.496 e. The Morgan fingerprint density at radius 2 is 1.81 bits per heavy atom. The zero-order chi connectivity index (χ0) is 22.8. The van der Waals surface area contributed by atoms with Crippen molar-refractivity contribution < 1.29 is 14.3 Å². The van der Waals surface area contributed by atoms with Crippen LogP contribution in [0.1, 0.15) is 24.2 Å². The van der Waals surface area contributed by atoms with Gasteiger partial charge in [-0.15, -0.1) is 0 Å². The molecule has 0 atom stereocenters. The number of amides is 1. The molecule has 2 heterocycles. The number of rotatable bonds is 7. The van der Waals surface area contributed by atoms with Crippen LogP contribution in [-0.4, -0.2) is 46.0 Å². The molecule has 0 unspecified atom stereocenters. The number of hydrogen-bond donors (Lipinski definition) is 1. The second-order valence-electron chi connectivity index (χ2n) is 8.05. The molecule has 0 saturated carbocycles. The summed E-state index contributed by atoms with van der Waals surface area (Å²) in [5.74, 6) is 0.989. The fraction of sp³-hybridized carbons (Fsp3) is 0.292. The lowest BCUT2D eigenvalue weighted by molar-refractivity contribution is 0.0942. The van der Waals surface area contributed by atoms with E-state index in [0.717, 1.165) is 27.8 Å². The van der Waals surface area contributed by atoms with Crippen molar-refractivity contribution in [1.29, 1.82) is 0 Å². The summed E-state index contributed by atoms with van der Waals surface area (Å²) in [6.07, 6.45) is 5.55. The third kappa shape index (κ3) is 4.03. The number of aryl methyl sites for hydroxylation is 1. The first-order valence-corrected chi connectivity index (χ1v) is 10.4. The monoisotopic (exact) mass is 433 g/mol. The summed E-state index contributed by atoms with van der Waals surface area (Å²) < 4.78 is 14.8. The number of fused-ring (bicyclic) bond motifs is 1. The largest absolute Gasteiger partial charge is 0.496 e. The number of hydrogen-bond acceptors (Lipinski definition) is 5. The molecule has 0 bridgehead atoms. The first-order chi connectivity index (χ1) is 15.4. The molecule has 166 valence electrons. The molecule has 4 aromatic rings. The Bertz CT molecular complexity index is 1250. The van der Waals surface area contributed by atoms with Gasteiger partial charge in [-0.05, 0) is 23.6 Å². The predicted octanol–water partition coefficient (Wildman–Crippen LogP) is 3.83. The van der Waals surface area contributed by atoms with E-state index < -0.39 is 0 Å². The van der Waals surface area contributed by atoms with Crippen LogP contribution in [0.3, 0.4) is 0 Å². The molecule has 0 radical (unpaired) electrons. The van der Waals surface area contributed by atoms with E-state index in [1.54, 1.807) is 25.2 Å². The van der Waals surface area contributed by atoms with E-state index in [1.165, 1.54) is 0 Å². The zero-order valence-electron chi connectivity index (χ0n) is 18.9. The number of carbonyl (C=O) groups excluding carboxylic acids is 1. The molecule has 0 fully saturated rings. The molecule has 0 saturated heterocycles. The molecule has 1 N–H and O–H groups in total. The third-order valence-corrected chi connectivity index (χ3v) is 5.25. The summed E-state index contributed by atoms with van der Waals surface area (Å²) in [5, 5.41) is 7.17. The van der Waals surface area contributed by atoms with Crippen molar-refractivity contribution in [2.75, 3.05) is 20.8 Å². The van der Waals surface area contributed by atoms with E-state index in [1.807, 2.05) is 68.2 Å². The van der Waals surface area contributed by atoms with Gasteiger partial charge < -0.3 is 14.8 Å². The van der Waals surface area contributed by atoms with Crippen molar-refractivity contribution in [3.8, 4) is 28.3 Å². The number of nitrogens with one attached hydrogen (secondary N) is 1. The second-order valence-corrected chi connectivity index (χ2v) is 8.05. The highest BCUT2D eigenvalue weighted by Crippen LogP contribution is 2.34. The Morgan fingerprint density at radius 1 is 1.09 bits per heavy atom. The van der Waals surface area contributed by atoms with Crippen LogP contribution in [0, 0.1) is 5.92 Å². The van der Waals surface area contributed by atoms with Gasteiger partial charge in [-0.1, -0.05) is 19.9 Å². The van der Waals surface area contributed by atoms with Gasteiger partial charge in [0.1, 0.15) is 23.4 Å². The van der Waals surface area contributed by atoms with E-state index in [2.05, 4.69) is 15.4 Å². The summed E-state index contributed by atoms with van der Waals surface area (Å²) in [6.45, 7) is 4.65. The fourth-order valence-electron chi connectivity index (χ4n) is 3.61. The number of methoxy groups -OCH3 is 2. The minimum atomic E-state index is -0.226. The first-order valence-electron chi connectivity index (χ1n) is 10.4. The molecule has 8 nitrogen and oxygen atoms in total. The zero-order valence-corrected chi connectivity index (χ0v) is 18.9. The summed E-state index contributed by atoms with van der Waals surface area (Å²) >= 11 is 0. The van der Waals surface area contributed by atoms with Crippen molar-refractivity contribution in [2.24, 2.45) is 13.0 Å². The van der Waals surface area contributed by atoms with Crippen LogP contribution in [-0.2, 0) is 7.05 Å². The Kier molecular flexibility index (Phi) is 5.85. The summed E-state index contributed by atoms with van der Waals surface area (Å²) in [7, 11) is 4.98. The molecule has 2 aromatic heterocycles. The second kappa shape index (κ2) is 8.74. The van der Waals surface area contributed by atoms with Crippen molar-refractivity contribution in [3.63, 3.8) is 0 Å². The highest BCUT2D eigenvalue weighted by Gasteiger charge is 2.21. The van der Waals surface area contributed by atoms with Gasteiger partial charge in [-0.25, -0.2) is 4.98 Å². The molecule has 0 spiro atoms. The topological polar surface area (TPSA) is 83.2 Å². The standard InChI is InChI=1S/C24H27N5O3/c1-15(2)11-25-24(30)23-21(31-4)9-18(10-22(23)32-5)29-14-26-19-8-16(6-7-20(19)29)17-12-27-28(3)13-17/h6-10,12-15H,11H2,1-5H3,(H,25,30). The van der Waals surface area contributed by atoms with Crippen LogP contribution >= 0.6 is 0 Å². The molecule has 0 aliphatic carbocycles. The number of nitrogens with zero attached hydrogens (tertiary/aromatic N) is 4. The highest BCUT2D eigenvalue weighted by atomic mass is 16.5. The van der Waals surface area contributed by atoms with Gasteiger partial charge in [0.15, 0.2) is 0 Å². The lowest BCUT2D eigenvalue weighted by Gasteiger charge is -2.16. The average Bonchev–Trinajstić information content (AvgIpc) is 3.42. The maximum absolute atomic E-state index is 12.8. The molecule has 0 aliphatic heterocycles. The van der Waals surface area contributed by atoms with Crippen LogP contribution in [0.5, 0.6) is 11.5 Å². The molecule has 2 aromatic carbocycles. The van der Waals surface area contributed by atoms with Crippen molar-refractivity contribution >= 4 is 16.9 Å². The van der Waals surface area contributed by atoms with Crippen LogP contribution in [0.4, 0.5) is 0 Å². The number of ether oxygens (including phenoxy) is 2. The summed E-state index contributed by atoms with van der Waals surface area (Å²) in [4.78, 5) is 17.4. The van der Waals surface area contributed by atoms with Gasteiger partial charge >= 0.3 is 0 Å². The van der Waals surface area contributed by atoms with E-state index in [4.69, 9.17) is 9.47 Å². The molecule has 4 rings (SSSR count). The van der Waals surface area contributed by atoms with Crippen molar-refractivity contribution in [3.05, 3.63) is 54.6 Å². The fourth-order valence-corrected chi connectivity index (χ4v) is 3.61. The SMILES string of the molecule is COc1cc(-n2cnc3cc(-c4cnn(C)c4)ccc32)cc(OC)c1C(=O)NCC(C)C. The van der Waals surface area contributed by atoms with Gasteiger partial charge in [0.2, 0.25) is 0 Å². The number of benzene rings is 2. The van der Waals surface area contributed by atoms with Crippen LogP contribution in [0.15, 0.2) is 49.1 Å². The molecule has 8 heteroatoms. The number of aromatic nitrogens is 4. The Morgan fingerprint density at radius 3 is 2.41 bits per heavy atom. The molecular formula is C24H27N5O3. The van der Waals surface area contributed by atoms with Gasteiger partial charge in [0.25, 0.3) is 5.91 Å². The lowest BCUT2D eigenvalue weighted by Crippen LogP contribution is -2.28. The third-order valence-electron chi connectivity index (χ3n) is 5.25. The molecular weight excluding hydrogens is 406 g/mol. The maximum Gasteiger partial charge on any atom is 0.258 e. The van der Waals surface area contributed by atoms with Crippen molar-refractivity contribution in [1.82, 2.24) is 24.6 Å². The average molecular weight is 434 g/mol. The smallest absolute Gasteiger partial charge is 0.258 e. The molecule has 0 aliphatic rings. The minimum absolute atomic E-state index is 0.226. The summed E-state index contributed by atoms with van der Waals surface area (Å²) in [6, 6.07) is 9.74. The van der Waals surface area contributed by atoms with E-state index >= 15 is 0 Å². The Balaban J connectivity index is 1.75. The Hall–Kier alpha value is -3.81.